The Morgan fingerprint density at radius 3 is 2.63 bits per heavy atom. The number of hydrogen-bond acceptors (Lipinski definition) is 3. The van der Waals surface area contributed by atoms with Crippen LogP contribution in [0.15, 0.2) is 30.3 Å². The third-order valence-electron chi connectivity index (χ3n) is 4.17. The summed E-state index contributed by atoms with van der Waals surface area (Å²) >= 11 is 0. The molecule has 3 heteroatoms. The van der Waals surface area contributed by atoms with Crippen molar-refractivity contribution in [2.24, 2.45) is 5.92 Å². The first-order valence-electron chi connectivity index (χ1n) is 6.83. The maximum atomic E-state index is 10.4. The SMILES string of the molecule is Cc1cc(N2CC(O)(C(C)C)C2)c2ccccc2n1. The van der Waals surface area contributed by atoms with Crippen molar-refractivity contribution < 1.29 is 5.11 Å². The summed E-state index contributed by atoms with van der Waals surface area (Å²) in [6.07, 6.45) is 0. The van der Waals surface area contributed by atoms with Gasteiger partial charge in [-0.1, -0.05) is 32.0 Å². The van der Waals surface area contributed by atoms with Crippen LogP contribution in [0.25, 0.3) is 10.9 Å². The molecule has 1 fully saturated rings. The van der Waals surface area contributed by atoms with Crippen LogP contribution in [-0.4, -0.2) is 28.8 Å². The molecular formula is C16H20N2O. The van der Waals surface area contributed by atoms with E-state index in [0.29, 0.717) is 13.1 Å². The molecule has 0 bridgehead atoms. The molecule has 19 heavy (non-hydrogen) atoms. The number of fused-ring (bicyclic) bond motifs is 1. The highest BCUT2D eigenvalue weighted by atomic mass is 16.3. The van der Waals surface area contributed by atoms with Crippen LogP contribution in [0, 0.1) is 12.8 Å². The fraction of sp³-hybridized carbons (Fsp3) is 0.438. The first-order valence-corrected chi connectivity index (χ1v) is 6.83. The molecule has 1 N–H and O–H groups in total. The van der Waals surface area contributed by atoms with Crippen LogP contribution >= 0.6 is 0 Å². The van der Waals surface area contributed by atoms with E-state index in [1.165, 1.54) is 11.1 Å². The van der Waals surface area contributed by atoms with Crippen LogP contribution in [0.4, 0.5) is 5.69 Å². The second kappa shape index (κ2) is 4.20. The van der Waals surface area contributed by atoms with Crippen LogP contribution in [0.5, 0.6) is 0 Å². The maximum absolute atomic E-state index is 10.4. The minimum Gasteiger partial charge on any atom is -0.386 e. The second-order valence-electron chi connectivity index (χ2n) is 5.91. The monoisotopic (exact) mass is 256 g/mol. The van der Waals surface area contributed by atoms with Gasteiger partial charge in [0.05, 0.1) is 5.52 Å². The Balaban J connectivity index is 1.99. The molecule has 0 radical (unpaired) electrons. The molecule has 0 unspecified atom stereocenters. The summed E-state index contributed by atoms with van der Waals surface area (Å²) in [6, 6.07) is 10.3. The van der Waals surface area contributed by atoms with Crippen molar-refractivity contribution in [1.82, 2.24) is 4.98 Å². The number of aryl methyl sites for hydroxylation is 1. The van der Waals surface area contributed by atoms with E-state index < -0.39 is 5.60 Å². The summed E-state index contributed by atoms with van der Waals surface area (Å²) in [5.74, 6) is 0.290. The molecular weight excluding hydrogens is 236 g/mol. The van der Waals surface area contributed by atoms with Gasteiger partial charge in [-0.2, -0.15) is 0 Å². The second-order valence-corrected chi connectivity index (χ2v) is 5.91. The fourth-order valence-corrected chi connectivity index (χ4v) is 2.70. The van der Waals surface area contributed by atoms with Crippen molar-refractivity contribution in [3.8, 4) is 0 Å². The molecule has 100 valence electrons. The summed E-state index contributed by atoms with van der Waals surface area (Å²) < 4.78 is 0. The Hall–Kier alpha value is -1.61. The minimum atomic E-state index is -0.543. The number of nitrogens with zero attached hydrogens (tertiary/aromatic N) is 2. The molecule has 0 amide bonds. The summed E-state index contributed by atoms with van der Waals surface area (Å²) in [6.45, 7) is 7.58. The Kier molecular flexibility index (Phi) is 2.75. The smallest absolute Gasteiger partial charge is 0.102 e. The van der Waals surface area contributed by atoms with Gasteiger partial charge in [-0.3, -0.25) is 4.98 Å². The van der Waals surface area contributed by atoms with Gasteiger partial charge in [-0.25, -0.2) is 0 Å². The van der Waals surface area contributed by atoms with Crippen molar-refractivity contribution in [1.29, 1.82) is 0 Å². The van der Waals surface area contributed by atoms with Gasteiger partial charge in [0.15, 0.2) is 0 Å². The first-order chi connectivity index (χ1) is 8.99. The van der Waals surface area contributed by atoms with E-state index in [1.54, 1.807) is 0 Å². The molecule has 2 aromatic rings. The largest absolute Gasteiger partial charge is 0.386 e. The Morgan fingerprint density at radius 1 is 1.26 bits per heavy atom. The number of para-hydroxylation sites is 1. The van der Waals surface area contributed by atoms with Crippen LogP contribution in [0.1, 0.15) is 19.5 Å². The van der Waals surface area contributed by atoms with Gasteiger partial charge in [-0.05, 0) is 25.0 Å². The van der Waals surface area contributed by atoms with Gasteiger partial charge < -0.3 is 10.0 Å². The fourth-order valence-electron chi connectivity index (χ4n) is 2.70. The normalized spacial score (nSPS) is 17.8. The van der Waals surface area contributed by atoms with Gasteiger partial charge in [0.2, 0.25) is 0 Å². The number of β-amino-alcohol motifs (C(OH)–C–C–N with tert-alkyl or cyclic N) is 1. The van der Waals surface area contributed by atoms with E-state index in [0.717, 1.165) is 11.2 Å². The molecule has 0 spiro atoms. The zero-order valence-electron chi connectivity index (χ0n) is 11.7. The molecule has 1 aromatic heterocycles. The van der Waals surface area contributed by atoms with Gasteiger partial charge in [-0.15, -0.1) is 0 Å². The van der Waals surface area contributed by atoms with E-state index in [9.17, 15) is 5.11 Å². The van der Waals surface area contributed by atoms with Crippen LogP contribution in [-0.2, 0) is 0 Å². The van der Waals surface area contributed by atoms with Gasteiger partial charge in [0, 0.05) is 29.9 Å². The topological polar surface area (TPSA) is 36.4 Å². The predicted octanol–water partition coefficient (Wildman–Crippen LogP) is 2.75. The molecule has 3 nitrogen and oxygen atoms in total. The third-order valence-corrected chi connectivity index (χ3v) is 4.17. The van der Waals surface area contributed by atoms with Crippen LogP contribution in [0.2, 0.25) is 0 Å². The minimum absolute atomic E-state index is 0.290. The predicted molar refractivity (Wildman–Crippen MR) is 78.5 cm³/mol. The lowest BCUT2D eigenvalue weighted by molar-refractivity contribution is -0.0299. The third kappa shape index (κ3) is 1.98. The number of rotatable bonds is 2. The highest BCUT2D eigenvalue weighted by Crippen LogP contribution is 2.36. The standard InChI is InChI=1S/C16H20N2O/c1-11(2)16(19)9-18(10-16)15-8-12(3)17-14-7-5-4-6-13(14)15/h4-8,11,19H,9-10H2,1-3H3. The zero-order valence-corrected chi connectivity index (χ0v) is 11.7. The van der Waals surface area contributed by atoms with E-state index in [-0.39, 0.29) is 5.92 Å². The van der Waals surface area contributed by atoms with Crippen molar-refractivity contribution >= 4 is 16.6 Å². The van der Waals surface area contributed by atoms with E-state index >= 15 is 0 Å². The molecule has 1 aliphatic heterocycles. The average molecular weight is 256 g/mol. The molecule has 1 aromatic carbocycles. The number of aliphatic hydroxyl groups is 1. The van der Waals surface area contributed by atoms with E-state index in [1.807, 2.05) is 25.1 Å². The Labute approximate surface area is 113 Å². The van der Waals surface area contributed by atoms with Crippen LogP contribution < -0.4 is 4.90 Å². The molecule has 2 heterocycles. The number of aromatic nitrogens is 1. The highest BCUT2D eigenvalue weighted by molar-refractivity contribution is 5.92. The summed E-state index contributed by atoms with van der Waals surface area (Å²) in [7, 11) is 0. The van der Waals surface area contributed by atoms with Gasteiger partial charge in [0.1, 0.15) is 5.60 Å². The maximum Gasteiger partial charge on any atom is 0.102 e. The molecule has 1 saturated heterocycles. The quantitative estimate of drug-likeness (QED) is 0.897. The number of pyridine rings is 1. The summed E-state index contributed by atoms with van der Waals surface area (Å²) in [5.41, 5.74) is 2.69. The molecule has 1 aliphatic rings. The molecule has 3 rings (SSSR count). The Bertz CT molecular complexity index is 615. The van der Waals surface area contributed by atoms with Crippen LogP contribution in [0.3, 0.4) is 0 Å². The number of benzene rings is 1. The lowest BCUT2D eigenvalue weighted by Crippen LogP contribution is -2.64. The lowest BCUT2D eigenvalue weighted by Gasteiger charge is -2.50. The van der Waals surface area contributed by atoms with Gasteiger partial charge >= 0.3 is 0 Å². The highest BCUT2D eigenvalue weighted by Gasteiger charge is 2.44. The van der Waals surface area contributed by atoms with Crippen molar-refractivity contribution in [2.75, 3.05) is 18.0 Å². The number of hydrogen-bond donors (Lipinski definition) is 1. The summed E-state index contributed by atoms with van der Waals surface area (Å²) in [4.78, 5) is 6.81. The first kappa shape index (κ1) is 12.4. The zero-order chi connectivity index (χ0) is 13.6. The number of anilines is 1. The van der Waals surface area contributed by atoms with Gasteiger partial charge in [0.25, 0.3) is 0 Å². The molecule has 0 aliphatic carbocycles. The van der Waals surface area contributed by atoms with E-state index in [2.05, 4.69) is 35.9 Å². The van der Waals surface area contributed by atoms with Crippen molar-refractivity contribution in [3.63, 3.8) is 0 Å². The van der Waals surface area contributed by atoms with Crippen molar-refractivity contribution in [2.45, 2.75) is 26.4 Å². The van der Waals surface area contributed by atoms with E-state index in [4.69, 9.17) is 0 Å². The Morgan fingerprint density at radius 2 is 1.95 bits per heavy atom. The lowest BCUT2D eigenvalue weighted by atomic mass is 9.82. The summed E-state index contributed by atoms with van der Waals surface area (Å²) in [5, 5.41) is 11.6. The molecule has 0 atom stereocenters. The van der Waals surface area contributed by atoms with Crippen molar-refractivity contribution in [3.05, 3.63) is 36.0 Å². The average Bonchev–Trinajstić information content (AvgIpc) is 2.33. The molecule has 0 saturated carbocycles.